The van der Waals surface area contributed by atoms with E-state index in [1.165, 1.54) is 12.8 Å². The van der Waals surface area contributed by atoms with Crippen LogP contribution in [-0.4, -0.2) is 18.5 Å². The van der Waals surface area contributed by atoms with E-state index in [2.05, 4.69) is 20.8 Å². The monoisotopic (exact) mass is 212 g/mol. The Morgan fingerprint density at radius 2 is 2.07 bits per heavy atom. The van der Waals surface area contributed by atoms with E-state index in [0.29, 0.717) is 24.5 Å². The van der Waals surface area contributed by atoms with Gasteiger partial charge in [0.15, 0.2) is 5.78 Å². The lowest BCUT2D eigenvalue weighted by molar-refractivity contribution is -0.127. The average Bonchev–Trinajstić information content (AvgIpc) is 2.14. The number of ether oxygens (including phenoxy) is 1. The van der Waals surface area contributed by atoms with Gasteiger partial charge < -0.3 is 4.74 Å². The van der Waals surface area contributed by atoms with E-state index < -0.39 is 0 Å². The highest BCUT2D eigenvalue weighted by Gasteiger charge is 2.31. The van der Waals surface area contributed by atoms with E-state index in [1.807, 2.05) is 0 Å². The number of Topliss-reactive ketones (excluding diaryl/α,β-unsaturated/α-hetero) is 1. The van der Waals surface area contributed by atoms with Crippen LogP contribution in [-0.2, 0) is 9.53 Å². The molecule has 0 spiro atoms. The first kappa shape index (κ1) is 12.7. The minimum atomic E-state index is 0.135. The molecule has 15 heavy (non-hydrogen) atoms. The molecule has 0 radical (unpaired) electrons. The minimum absolute atomic E-state index is 0.135. The summed E-state index contributed by atoms with van der Waals surface area (Å²) in [5.74, 6) is 2.18. The van der Waals surface area contributed by atoms with Crippen LogP contribution in [0.2, 0.25) is 0 Å². The fourth-order valence-corrected chi connectivity index (χ4v) is 2.53. The summed E-state index contributed by atoms with van der Waals surface area (Å²) in [5, 5.41) is 0. The van der Waals surface area contributed by atoms with Gasteiger partial charge in [-0.1, -0.05) is 27.2 Å². The summed E-state index contributed by atoms with van der Waals surface area (Å²) in [6, 6.07) is 0. The first-order valence-corrected chi connectivity index (χ1v) is 6.11. The van der Waals surface area contributed by atoms with Crippen LogP contribution in [0.5, 0.6) is 0 Å². The molecule has 2 nitrogen and oxygen atoms in total. The van der Waals surface area contributed by atoms with Crippen LogP contribution in [0.4, 0.5) is 0 Å². The van der Waals surface area contributed by atoms with Crippen molar-refractivity contribution in [1.29, 1.82) is 0 Å². The standard InChI is InChI=1S/C13H24O2/c1-9(2)12-6-5-10(3)7-13(12)15-8-11(4)14/h9-10,12-13H,5-8H2,1-4H3/t10-,12+,13-/m0/s1. The SMILES string of the molecule is CC(=O)CO[C@H]1C[C@@H](C)CC[C@@H]1C(C)C. The third-order valence-corrected chi connectivity index (χ3v) is 3.46. The van der Waals surface area contributed by atoms with Crippen molar-refractivity contribution in [2.75, 3.05) is 6.61 Å². The molecule has 88 valence electrons. The Bertz CT molecular complexity index is 211. The van der Waals surface area contributed by atoms with Crippen molar-refractivity contribution in [3.63, 3.8) is 0 Å². The zero-order chi connectivity index (χ0) is 11.4. The summed E-state index contributed by atoms with van der Waals surface area (Å²) in [6.07, 6.45) is 3.98. The predicted molar refractivity (Wildman–Crippen MR) is 61.8 cm³/mol. The van der Waals surface area contributed by atoms with Crippen molar-refractivity contribution in [2.45, 2.75) is 53.1 Å². The molecule has 0 aromatic rings. The maximum atomic E-state index is 10.9. The second-order valence-corrected chi connectivity index (χ2v) is 5.38. The lowest BCUT2D eigenvalue weighted by atomic mass is 9.75. The molecule has 1 fully saturated rings. The highest BCUT2D eigenvalue weighted by Crippen LogP contribution is 2.35. The molecule has 1 rings (SSSR count). The van der Waals surface area contributed by atoms with E-state index in [9.17, 15) is 4.79 Å². The first-order valence-electron chi connectivity index (χ1n) is 6.11. The van der Waals surface area contributed by atoms with Crippen molar-refractivity contribution in [2.24, 2.45) is 17.8 Å². The topological polar surface area (TPSA) is 26.3 Å². The smallest absolute Gasteiger partial charge is 0.155 e. The zero-order valence-electron chi connectivity index (χ0n) is 10.5. The normalized spacial score (nSPS) is 31.9. The number of hydrogen-bond acceptors (Lipinski definition) is 2. The van der Waals surface area contributed by atoms with Gasteiger partial charge in [0.1, 0.15) is 6.61 Å². The molecule has 0 aromatic carbocycles. The van der Waals surface area contributed by atoms with Gasteiger partial charge in [0, 0.05) is 0 Å². The second-order valence-electron chi connectivity index (χ2n) is 5.38. The molecule has 0 unspecified atom stereocenters. The van der Waals surface area contributed by atoms with Crippen LogP contribution in [0.25, 0.3) is 0 Å². The third kappa shape index (κ3) is 3.94. The van der Waals surface area contributed by atoms with E-state index >= 15 is 0 Å². The Morgan fingerprint density at radius 1 is 1.40 bits per heavy atom. The Labute approximate surface area is 93.4 Å². The Balaban J connectivity index is 2.50. The first-order chi connectivity index (χ1) is 7.00. The Kier molecular flexibility index (Phi) is 4.78. The van der Waals surface area contributed by atoms with Gasteiger partial charge >= 0.3 is 0 Å². The summed E-state index contributed by atoms with van der Waals surface area (Å²) in [5.41, 5.74) is 0. The van der Waals surface area contributed by atoms with Crippen molar-refractivity contribution < 1.29 is 9.53 Å². The van der Waals surface area contributed by atoms with Crippen LogP contribution in [0, 0.1) is 17.8 Å². The number of ketones is 1. The molecule has 0 bridgehead atoms. The van der Waals surface area contributed by atoms with Gasteiger partial charge in [-0.25, -0.2) is 0 Å². The summed E-state index contributed by atoms with van der Waals surface area (Å²) in [6.45, 7) is 8.67. The maximum Gasteiger partial charge on any atom is 0.155 e. The summed E-state index contributed by atoms with van der Waals surface area (Å²) in [4.78, 5) is 10.9. The Morgan fingerprint density at radius 3 is 2.60 bits per heavy atom. The van der Waals surface area contributed by atoms with Gasteiger partial charge in [-0.3, -0.25) is 4.79 Å². The zero-order valence-corrected chi connectivity index (χ0v) is 10.5. The lowest BCUT2D eigenvalue weighted by Crippen LogP contribution is -2.35. The molecule has 0 amide bonds. The second kappa shape index (κ2) is 5.64. The molecule has 3 atom stereocenters. The molecule has 2 heteroatoms. The van der Waals surface area contributed by atoms with E-state index in [1.54, 1.807) is 6.92 Å². The van der Waals surface area contributed by atoms with Crippen LogP contribution < -0.4 is 0 Å². The molecule has 1 saturated carbocycles. The van der Waals surface area contributed by atoms with Crippen LogP contribution in [0.15, 0.2) is 0 Å². The van der Waals surface area contributed by atoms with Gasteiger partial charge in [-0.05, 0) is 37.5 Å². The highest BCUT2D eigenvalue weighted by molar-refractivity contribution is 5.76. The summed E-state index contributed by atoms with van der Waals surface area (Å²) >= 11 is 0. The highest BCUT2D eigenvalue weighted by atomic mass is 16.5. The van der Waals surface area contributed by atoms with Gasteiger partial charge in [0.25, 0.3) is 0 Å². The van der Waals surface area contributed by atoms with Gasteiger partial charge in [-0.15, -0.1) is 0 Å². The molecule has 0 heterocycles. The van der Waals surface area contributed by atoms with Crippen molar-refractivity contribution in [3.8, 4) is 0 Å². The predicted octanol–water partition coefficient (Wildman–Crippen LogP) is 3.05. The summed E-state index contributed by atoms with van der Waals surface area (Å²) in [7, 11) is 0. The van der Waals surface area contributed by atoms with Gasteiger partial charge in [-0.2, -0.15) is 0 Å². The van der Waals surface area contributed by atoms with E-state index in [-0.39, 0.29) is 5.78 Å². The maximum absolute atomic E-state index is 10.9. The number of carbonyl (C=O) groups excluding carboxylic acids is 1. The van der Waals surface area contributed by atoms with Crippen LogP contribution in [0.1, 0.15) is 47.0 Å². The van der Waals surface area contributed by atoms with Crippen molar-refractivity contribution >= 4 is 5.78 Å². The van der Waals surface area contributed by atoms with E-state index in [4.69, 9.17) is 4.74 Å². The molecule has 1 aliphatic rings. The molecular weight excluding hydrogens is 188 g/mol. The number of carbonyl (C=O) groups is 1. The largest absolute Gasteiger partial charge is 0.370 e. The molecule has 0 aromatic heterocycles. The average molecular weight is 212 g/mol. The third-order valence-electron chi connectivity index (χ3n) is 3.46. The van der Waals surface area contributed by atoms with Crippen LogP contribution in [0.3, 0.4) is 0 Å². The van der Waals surface area contributed by atoms with Gasteiger partial charge in [0.2, 0.25) is 0 Å². The number of rotatable bonds is 4. The molecule has 1 aliphatic carbocycles. The van der Waals surface area contributed by atoms with Crippen molar-refractivity contribution in [1.82, 2.24) is 0 Å². The van der Waals surface area contributed by atoms with Gasteiger partial charge in [0.05, 0.1) is 6.10 Å². The minimum Gasteiger partial charge on any atom is -0.370 e. The lowest BCUT2D eigenvalue weighted by Gasteiger charge is -2.36. The fraction of sp³-hybridized carbons (Fsp3) is 0.923. The molecular formula is C13H24O2. The van der Waals surface area contributed by atoms with Crippen LogP contribution >= 0.6 is 0 Å². The molecule has 0 saturated heterocycles. The molecule has 0 aliphatic heterocycles. The van der Waals surface area contributed by atoms with Crippen molar-refractivity contribution in [3.05, 3.63) is 0 Å². The summed E-state index contributed by atoms with van der Waals surface area (Å²) < 4.78 is 5.74. The quantitative estimate of drug-likeness (QED) is 0.716. The Hall–Kier alpha value is -0.370. The van der Waals surface area contributed by atoms with E-state index in [0.717, 1.165) is 12.3 Å². The number of hydrogen-bond donors (Lipinski definition) is 0. The molecule has 0 N–H and O–H groups in total. The fourth-order valence-electron chi connectivity index (χ4n) is 2.53.